The molecule has 250 valence electrons. The first kappa shape index (κ1) is 36.5. The van der Waals surface area contributed by atoms with Crippen molar-refractivity contribution in [2.75, 3.05) is 6.61 Å². The predicted molar refractivity (Wildman–Crippen MR) is 179 cm³/mol. The molecule has 9 nitrogen and oxygen atoms in total. The van der Waals surface area contributed by atoms with Gasteiger partial charge in [-0.3, -0.25) is 4.79 Å². The Kier molecular flexibility index (Phi) is 12.4. The topological polar surface area (TPSA) is 136 Å². The number of carboxylic acid groups (broad SMARTS) is 1. The van der Waals surface area contributed by atoms with Crippen molar-refractivity contribution in [2.45, 2.75) is 112 Å². The number of allylic oxidation sites excluding steroid dienone is 2. The fraction of sp³-hybridized carbons (Fsp3) is 0.500. The van der Waals surface area contributed by atoms with Crippen LogP contribution in [0.1, 0.15) is 98.8 Å². The highest BCUT2D eigenvalue weighted by Crippen LogP contribution is 2.40. The molecular formula is C36H48O9Si. The van der Waals surface area contributed by atoms with Crippen LogP contribution in [0.5, 0.6) is 11.5 Å². The molecule has 2 aromatic carbocycles. The average Bonchev–Trinajstić information content (AvgIpc) is 3.57. The lowest BCUT2D eigenvalue weighted by molar-refractivity contribution is -0.137. The van der Waals surface area contributed by atoms with Crippen molar-refractivity contribution in [3.8, 4) is 11.5 Å². The van der Waals surface area contributed by atoms with E-state index in [1.165, 1.54) is 0 Å². The van der Waals surface area contributed by atoms with Crippen LogP contribution in [-0.2, 0) is 58.0 Å². The molecule has 0 atom stereocenters. The number of rotatable bonds is 13. The van der Waals surface area contributed by atoms with Crippen LogP contribution in [-0.4, -0.2) is 49.1 Å². The SMILES string of the molecule is CCc1c(C)c2c(c(O)c1C/C=C(\C)CCC(=O)O)C(=O)OC2.CCc1c(C)c2c(c(OCC[Si](C)(C)C)c1CC=O)C(=O)OC2. The number of hydrogen-bond donors (Lipinski definition) is 2. The van der Waals surface area contributed by atoms with Gasteiger partial charge < -0.3 is 29.2 Å². The minimum Gasteiger partial charge on any atom is -0.507 e. The summed E-state index contributed by atoms with van der Waals surface area (Å²) in [6, 6.07) is 1.01. The summed E-state index contributed by atoms with van der Waals surface area (Å²) in [6.45, 7) is 17.9. The molecule has 46 heavy (non-hydrogen) atoms. The number of carbonyl (C=O) groups is 4. The van der Waals surface area contributed by atoms with Crippen LogP contribution in [0.15, 0.2) is 11.6 Å². The summed E-state index contributed by atoms with van der Waals surface area (Å²) in [4.78, 5) is 45.8. The van der Waals surface area contributed by atoms with Crippen molar-refractivity contribution >= 4 is 32.3 Å². The Labute approximate surface area is 273 Å². The van der Waals surface area contributed by atoms with Crippen molar-refractivity contribution in [3.05, 3.63) is 67.3 Å². The number of cyclic esters (lactones) is 2. The fourth-order valence-corrected chi connectivity index (χ4v) is 6.76. The second-order valence-electron chi connectivity index (χ2n) is 13.1. The molecule has 2 aliphatic rings. The number of phenols is 1. The predicted octanol–water partition coefficient (Wildman–Crippen LogP) is 6.97. The lowest BCUT2D eigenvalue weighted by Gasteiger charge is -2.21. The number of hydrogen-bond acceptors (Lipinski definition) is 8. The van der Waals surface area contributed by atoms with E-state index in [-0.39, 0.29) is 36.7 Å². The molecule has 0 aliphatic carbocycles. The summed E-state index contributed by atoms with van der Waals surface area (Å²) < 4.78 is 16.3. The zero-order valence-corrected chi connectivity index (χ0v) is 29.5. The lowest BCUT2D eigenvalue weighted by atomic mass is 9.89. The summed E-state index contributed by atoms with van der Waals surface area (Å²) in [5.74, 6) is -1.05. The zero-order valence-electron chi connectivity index (χ0n) is 28.5. The molecule has 0 saturated heterocycles. The summed E-state index contributed by atoms with van der Waals surface area (Å²) in [6.07, 6.45) is 5.66. The maximum absolute atomic E-state index is 12.2. The van der Waals surface area contributed by atoms with Gasteiger partial charge in [0, 0.05) is 43.2 Å². The number of esters is 2. The van der Waals surface area contributed by atoms with E-state index < -0.39 is 20.0 Å². The standard InChI is InChI=1S/C18H22O5.C18H26O4Si/c1-4-12-11(3)14-9-23-18(22)16(14)17(21)13(12)7-5-10(2)6-8-15(19)20;1-6-13-12(2)15-11-22-18(20)16(15)17(14(13)7-8-19)21-9-10-23(3,4)5/h5,21H,4,6-9H2,1-3H3,(H,19,20);8H,6-7,9-11H2,1-5H3/b10-5+;. The van der Waals surface area contributed by atoms with Crippen LogP contribution in [0.25, 0.3) is 0 Å². The number of carbonyl (C=O) groups excluding carboxylic acids is 3. The van der Waals surface area contributed by atoms with Gasteiger partial charge in [-0.1, -0.05) is 45.1 Å². The summed E-state index contributed by atoms with van der Waals surface area (Å²) in [7, 11) is -1.23. The Bertz CT molecular complexity index is 1550. The molecule has 10 heteroatoms. The van der Waals surface area contributed by atoms with Crippen molar-refractivity contribution in [2.24, 2.45) is 0 Å². The number of carboxylic acids is 1. The first-order valence-electron chi connectivity index (χ1n) is 16.0. The number of phenolic OH excluding ortho intramolecular Hbond substituents is 1. The molecule has 0 unspecified atom stereocenters. The van der Waals surface area contributed by atoms with E-state index in [4.69, 9.17) is 19.3 Å². The molecule has 0 amide bonds. The van der Waals surface area contributed by atoms with Gasteiger partial charge in [0.25, 0.3) is 0 Å². The van der Waals surface area contributed by atoms with Crippen LogP contribution in [0, 0.1) is 13.8 Å². The van der Waals surface area contributed by atoms with Crippen LogP contribution in [0.2, 0.25) is 25.7 Å². The third-order valence-corrected chi connectivity index (χ3v) is 10.5. The lowest BCUT2D eigenvalue weighted by Crippen LogP contribution is -2.23. The summed E-state index contributed by atoms with van der Waals surface area (Å²) >= 11 is 0. The van der Waals surface area contributed by atoms with Gasteiger partial charge in [0.2, 0.25) is 0 Å². The number of fused-ring (bicyclic) bond motifs is 2. The fourth-order valence-electron chi connectivity index (χ4n) is 6.05. The third kappa shape index (κ3) is 8.26. The highest BCUT2D eigenvalue weighted by molar-refractivity contribution is 6.76. The Morgan fingerprint density at radius 1 is 0.870 bits per heavy atom. The van der Waals surface area contributed by atoms with Gasteiger partial charge in [0.05, 0.1) is 6.61 Å². The van der Waals surface area contributed by atoms with Crippen LogP contribution in [0.4, 0.5) is 0 Å². The van der Waals surface area contributed by atoms with E-state index in [2.05, 4.69) is 26.6 Å². The van der Waals surface area contributed by atoms with Crippen LogP contribution in [0.3, 0.4) is 0 Å². The van der Waals surface area contributed by atoms with Gasteiger partial charge in [0.1, 0.15) is 42.1 Å². The van der Waals surface area contributed by atoms with E-state index in [9.17, 15) is 24.3 Å². The van der Waals surface area contributed by atoms with Crippen LogP contribution >= 0.6 is 0 Å². The Morgan fingerprint density at radius 2 is 1.41 bits per heavy atom. The smallest absolute Gasteiger partial charge is 0.342 e. The van der Waals surface area contributed by atoms with Crippen molar-refractivity contribution in [3.63, 3.8) is 0 Å². The molecule has 0 radical (unpaired) electrons. The number of aliphatic carboxylic acids is 1. The molecule has 2 aliphatic heterocycles. The molecular weight excluding hydrogens is 604 g/mol. The third-order valence-electron chi connectivity index (χ3n) is 8.75. The van der Waals surface area contributed by atoms with E-state index in [0.29, 0.717) is 37.4 Å². The maximum Gasteiger partial charge on any atom is 0.342 e. The first-order valence-corrected chi connectivity index (χ1v) is 19.7. The molecule has 0 fully saturated rings. The number of ether oxygens (including phenoxy) is 3. The zero-order chi connectivity index (χ0) is 34.3. The van der Waals surface area contributed by atoms with Gasteiger partial charge in [-0.05, 0) is 74.8 Å². The van der Waals surface area contributed by atoms with Gasteiger partial charge in [-0.2, -0.15) is 0 Å². The Hall–Kier alpha value is -3.92. The summed E-state index contributed by atoms with van der Waals surface area (Å²) in [5, 5.41) is 19.2. The Balaban J connectivity index is 0.000000250. The largest absolute Gasteiger partial charge is 0.507 e. The highest BCUT2D eigenvalue weighted by Gasteiger charge is 2.33. The molecule has 0 saturated carbocycles. The average molecular weight is 653 g/mol. The van der Waals surface area contributed by atoms with Crippen molar-refractivity contribution in [1.82, 2.24) is 0 Å². The molecule has 0 spiro atoms. The second kappa shape index (κ2) is 15.6. The summed E-state index contributed by atoms with van der Waals surface area (Å²) in [5.41, 5.74) is 9.25. The minimum absolute atomic E-state index is 0.00670. The van der Waals surface area contributed by atoms with Gasteiger partial charge in [-0.25, -0.2) is 9.59 Å². The van der Waals surface area contributed by atoms with Crippen molar-refractivity contribution in [1.29, 1.82) is 0 Å². The number of aldehydes is 1. The molecule has 0 aromatic heterocycles. The number of benzene rings is 2. The van der Waals surface area contributed by atoms with Crippen LogP contribution < -0.4 is 4.74 Å². The van der Waals surface area contributed by atoms with Gasteiger partial charge in [-0.15, -0.1) is 0 Å². The monoisotopic (exact) mass is 652 g/mol. The van der Waals surface area contributed by atoms with E-state index in [1.807, 2.05) is 33.8 Å². The maximum atomic E-state index is 12.2. The second-order valence-corrected chi connectivity index (χ2v) is 18.7. The molecule has 4 rings (SSSR count). The van der Waals surface area contributed by atoms with Gasteiger partial charge >= 0.3 is 17.9 Å². The quantitative estimate of drug-likeness (QED) is 0.102. The van der Waals surface area contributed by atoms with E-state index in [0.717, 1.165) is 75.3 Å². The van der Waals surface area contributed by atoms with Gasteiger partial charge in [0.15, 0.2) is 0 Å². The molecule has 2 heterocycles. The first-order chi connectivity index (χ1) is 21.7. The molecule has 2 aromatic rings. The highest BCUT2D eigenvalue weighted by atomic mass is 28.3. The van der Waals surface area contributed by atoms with E-state index >= 15 is 0 Å². The molecule has 0 bridgehead atoms. The van der Waals surface area contributed by atoms with E-state index in [1.54, 1.807) is 0 Å². The minimum atomic E-state index is -1.23. The Morgan fingerprint density at radius 3 is 1.93 bits per heavy atom. The normalized spacial score (nSPS) is 13.8. The molecule has 2 N–H and O–H groups in total. The number of aromatic hydroxyl groups is 1. The van der Waals surface area contributed by atoms with Crippen molar-refractivity contribution < 1.29 is 43.6 Å².